The largest absolute Gasteiger partial charge is 0.364 e. The summed E-state index contributed by atoms with van der Waals surface area (Å²) in [5.74, 6) is 0. The molecule has 1 aromatic heterocycles. The molecule has 0 radical (unpaired) electrons. The topological polar surface area (TPSA) is 29.3 Å². The fourth-order valence-corrected chi connectivity index (χ4v) is 1.92. The third kappa shape index (κ3) is 1.14. The van der Waals surface area contributed by atoms with Crippen molar-refractivity contribution in [1.29, 1.82) is 0 Å². The third-order valence-electron chi connectivity index (χ3n) is 2.67. The van der Waals surface area contributed by atoms with Crippen molar-refractivity contribution in [3.05, 3.63) is 17.5 Å². The molecule has 66 valence electrons. The van der Waals surface area contributed by atoms with Gasteiger partial charge in [-0.25, -0.2) is 0 Å². The molecule has 0 spiro atoms. The molecule has 3 nitrogen and oxygen atoms in total. The van der Waals surface area contributed by atoms with Crippen molar-refractivity contribution in [2.24, 2.45) is 0 Å². The number of hydrogen-bond acceptors (Lipinski definition) is 3. The summed E-state index contributed by atoms with van der Waals surface area (Å²) in [4.78, 5) is 2.36. The minimum absolute atomic E-state index is 0.538. The summed E-state index contributed by atoms with van der Waals surface area (Å²) >= 11 is 0. The van der Waals surface area contributed by atoms with Crippen LogP contribution in [0.15, 0.2) is 10.8 Å². The second-order valence-corrected chi connectivity index (χ2v) is 3.49. The van der Waals surface area contributed by atoms with Crippen LogP contribution in [0.3, 0.4) is 0 Å². The molecule has 12 heavy (non-hydrogen) atoms. The number of likely N-dealkylation sites (tertiary alicyclic amines) is 1. The van der Waals surface area contributed by atoms with E-state index in [1.807, 2.05) is 6.92 Å². The monoisotopic (exact) mass is 166 g/mol. The minimum atomic E-state index is 0.538. The van der Waals surface area contributed by atoms with Gasteiger partial charge in [0.2, 0.25) is 0 Å². The highest BCUT2D eigenvalue weighted by atomic mass is 16.5. The Morgan fingerprint density at radius 1 is 1.67 bits per heavy atom. The Balaban J connectivity index is 2.24. The first kappa shape index (κ1) is 7.80. The Labute approximate surface area is 72.3 Å². The van der Waals surface area contributed by atoms with Crippen LogP contribution >= 0.6 is 0 Å². The van der Waals surface area contributed by atoms with Crippen molar-refractivity contribution in [2.75, 3.05) is 13.6 Å². The van der Waals surface area contributed by atoms with Crippen molar-refractivity contribution < 1.29 is 4.52 Å². The predicted octanol–water partition coefficient (Wildman–Crippen LogP) is 1.75. The first-order valence-electron chi connectivity index (χ1n) is 4.40. The van der Waals surface area contributed by atoms with E-state index in [9.17, 15) is 0 Å². The van der Waals surface area contributed by atoms with E-state index in [0.717, 1.165) is 5.69 Å². The maximum Gasteiger partial charge on any atom is 0.128 e. The molecule has 0 bridgehead atoms. The molecular weight excluding hydrogens is 152 g/mol. The summed E-state index contributed by atoms with van der Waals surface area (Å²) in [5, 5.41) is 3.89. The van der Waals surface area contributed by atoms with Gasteiger partial charge in [0.15, 0.2) is 0 Å². The maximum absolute atomic E-state index is 4.93. The van der Waals surface area contributed by atoms with Gasteiger partial charge in [0.25, 0.3) is 0 Å². The SMILES string of the molecule is Cc1nocc1[C@@H]1CCCN1C. The van der Waals surface area contributed by atoms with E-state index in [-0.39, 0.29) is 0 Å². The fourth-order valence-electron chi connectivity index (χ4n) is 1.92. The highest BCUT2D eigenvalue weighted by Crippen LogP contribution is 2.31. The molecule has 2 heterocycles. The molecule has 1 atom stereocenters. The average Bonchev–Trinajstić information content (AvgIpc) is 2.59. The zero-order chi connectivity index (χ0) is 8.55. The van der Waals surface area contributed by atoms with Crippen LogP contribution in [0.2, 0.25) is 0 Å². The lowest BCUT2D eigenvalue weighted by molar-refractivity contribution is 0.314. The molecule has 0 amide bonds. The van der Waals surface area contributed by atoms with Crippen LogP contribution in [-0.2, 0) is 0 Å². The van der Waals surface area contributed by atoms with Crippen LogP contribution in [0, 0.1) is 6.92 Å². The molecule has 1 saturated heterocycles. The maximum atomic E-state index is 4.93. The molecule has 0 N–H and O–H groups in total. The van der Waals surface area contributed by atoms with Gasteiger partial charge in [-0.15, -0.1) is 0 Å². The standard InChI is InChI=1S/C9H14N2O/c1-7-8(6-12-10-7)9-4-3-5-11(9)2/h6,9H,3-5H2,1-2H3/t9-/m0/s1. The smallest absolute Gasteiger partial charge is 0.128 e. The molecule has 0 saturated carbocycles. The number of nitrogens with zero attached hydrogens (tertiary/aromatic N) is 2. The van der Waals surface area contributed by atoms with E-state index >= 15 is 0 Å². The van der Waals surface area contributed by atoms with E-state index in [2.05, 4.69) is 17.1 Å². The predicted molar refractivity (Wildman–Crippen MR) is 45.8 cm³/mol. The van der Waals surface area contributed by atoms with E-state index < -0.39 is 0 Å². The number of aryl methyl sites for hydroxylation is 1. The van der Waals surface area contributed by atoms with Crippen molar-refractivity contribution >= 4 is 0 Å². The molecule has 0 unspecified atom stereocenters. The summed E-state index contributed by atoms with van der Waals surface area (Å²) < 4.78 is 4.93. The van der Waals surface area contributed by atoms with Gasteiger partial charge in [-0.05, 0) is 33.4 Å². The van der Waals surface area contributed by atoms with Crippen LogP contribution in [0.25, 0.3) is 0 Å². The number of rotatable bonds is 1. The fraction of sp³-hybridized carbons (Fsp3) is 0.667. The van der Waals surface area contributed by atoms with Gasteiger partial charge in [-0.2, -0.15) is 0 Å². The van der Waals surface area contributed by atoms with Crippen LogP contribution in [0.4, 0.5) is 0 Å². The third-order valence-corrected chi connectivity index (χ3v) is 2.67. The molecule has 0 aromatic carbocycles. The van der Waals surface area contributed by atoms with Gasteiger partial charge >= 0.3 is 0 Å². The van der Waals surface area contributed by atoms with Crippen LogP contribution in [-0.4, -0.2) is 23.6 Å². The van der Waals surface area contributed by atoms with Gasteiger partial charge in [0.1, 0.15) is 6.26 Å². The second-order valence-electron chi connectivity index (χ2n) is 3.49. The molecule has 1 aromatic rings. The highest BCUT2D eigenvalue weighted by Gasteiger charge is 2.25. The van der Waals surface area contributed by atoms with E-state index in [1.54, 1.807) is 6.26 Å². The molecule has 1 fully saturated rings. The summed E-state index contributed by atoms with van der Waals surface area (Å²) in [6.07, 6.45) is 4.30. The van der Waals surface area contributed by atoms with Crippen molar-refractivity contribution in [1.82, 2.24) is 10.1 Å². The van der Waals surface area contributed by atoms with Crippen molar-refractivity contribution in [2.45, 2.75) is 25.8 Å². The van der Waals surface area contributed by atoms with Crippen molar-refractivity contribution in [3.63, 3.8) is 0 Å². The summed E-state index contributed by atoms with van der Waals surface area (Å²) in [7, 11) is 2.16. The Bertz CT molecular complexity index is 269. The van der Waals surface area contributed by atoms with Gasteiger partial charge in [-0.1, -0.05) is 5.16 Å². The first-order chi connectivity index (χ1) is 5.79. The van der Waals surface area contributed by atoms with Crippen LogP contribution in [0.5, 0.6) is 0 Å². The average molecular weight is 166 g/mol. The quantitative estimate of drug-likeness (QED) is 0.636. The summed E-state index contributed by atoms with van der Waals surface area (Å²) in [6.45, 7) is 3.19. The summed E-state index contributed by atoms with van der Waals surface area (Å²) in [5.41, 5.74) is 2.30. The van der Waals surface area contributed by atoms with Crippen molar-refractivity contribution in [3.8, 4) is 0 Å². The zero-order valence-electron chi connectivity index (χ0n) is 7.58. The molecule has 1 aliphatic rings. The minimum Gasteiger partial charge on any atom is -0.364 e. The van der Waals surface area contributed by atoms with Crippen LogP contribution in [0.1, 0.15) is 30.1 Å². The lowest BCUT2D eigenvalue weighted by atomic mass is 10.1. The van der Waals surface area contributed by atoms with E-state index in [1.165, 1.54) is 24.9 Å². The molecule has 1 aliphatic heterocycles. The molecule has 3 heteroatoms. The molecule has 0 aliphatic carbocycles. The second kappa shape index (κ2) is 2.90. The summed E-state index contributed by atoms with van der Waals surface area (Å²) in [6, 6.07) is 0.538. The number of hydrogen-bond donors (Lipinski definition) is 0. The highest BCUT2D eigenvalue weighted by molar-refractivity contribution is 5.18. The van der Waals surface area contributed by atoms with Gasteiger partial charge < -0.3 is 4.52 Å². The lowest BCUT2D eigenvalue weighted by Crippen LogP contribution is -2.17. The molecule has 2 rings (SSSR count). The normalized spacial score (nSPS) is 25.0. The lowest BCUT2D eigenvalue weighted by Gasteiger charge is -2.17. The molecular formula is C9H14N2O. The Morgan fingerprint density at radius 2 is 2.50 bits per heavy atom. The zero-order valence-corrected chi connectivity index (χ0v) is 7.58. The Morgan fingerprint density at radius 3 is 3.00 bits per heavy atom. The van der Waals surface area contributed by atoms with Gasteiger partial charge in [-0.3, -0.25) is 4.90 Å². The van der Waals surface area contributed by atoms with Gasteiger partial charge in [0, 0.05) is 11.6 Å². The van der Waals surface area contributed by atoms with Crippen LogP contribution < -0.4 is 0 Å². The Kier molecular flexibility index (Phi) is 1.89. The van der Waals surface area contributed by atoms with E-state index in [4.69, 9.17) is 4.52 Å². The van der Waals surface area contributed by atoms with Gasteiger partial charge in [0.05, 0.1) is 5.69 Å². The first-order valence-corrected chi connectivity index (χ1v) is 4.40. The van der Waals surface area contributed by atoms with E-state index in [0.29, 0.717) is 6.04 Å². The number of aromatic nitrogens is 1. The Hall–Kier alpha value is -0.830.